The number of hydrogen-bond acceptors (Lipinski definition) is 2. The summed E-state index contributed by atoms with van der Waals surface area (Å²) in [5.74, 6) is 1.84. The minimum atomic E-state index is 0.294. The zero-order valence-electron chi connectivity index (χ0n) is 14.7. The molecule has 0 bridgehead atoms. The Morgan fingerprint density at radius 2 is 1.31 bits per heavy atom. The van der Waals surface area contributed by atoms with Gasteiger partial charge in [0.2, 0.25) is 0 Å². The van der Waals surface area contributed by atoms with E-state index in [4.69, 9.17) is 9.47 Å². The van der Waals surface area contributed by atoms with Crippen LogP contribution in [-0.4, -0.2) is 19.3 Å². The summed E-state index contributed by atoms with van der Waals surface area (Å²) < 4.78 is 11.0. The van der Waals surface area contributed by atoms with Crippen molar-refractivity contribution >= 4 is 0 Å². The number of ether oxygens (including phenoxy) is 2. The van der Waals surface area contributed by atoms with Crippen LogP contribution in [-0.2, 0) is 4.74 Å². The number of rotatable bonds is 5. The van der Waals surface area contributed by atoms with Gasteiger partial charge in [0.05, 0.1) is 6.61 Å². The molecular weight excluding hydrogens is 320 g/mol. The highest BCUT2D eigenvalue weighted by molar-refractivity contribution is 5.49. The van der Waals surface area contributed by atoms with Crippen LogP contribution in [0.4, 0.5) is 0 Å². The van der Waals surface area contributed by atoms with Gasteiger partial charge in [-0.2, -0.15) is 0 Å². The fourth-order valence-corrected chi connectivity index (χ4v) is 4.10. The van der Waals surface area contributed by atoms with Gasteiger partial charge in [0.1, 0.15) is 18.5 Å². The average Bonchev–Trinajstić information content (AvgIpc) is 3.46. The molecule has 0 N–H and O–H groups in total. The smallest absolute Gasteiger partial charge is 0.119 e. The van der Waals surface area contributed by atoms with Crippen molar-refractivity contribution in [3.05, 3.63) is 101 Å². The molecule has 0 aromatic heterocycles. The van der Waals surface area contributed by atoms with Crippen molar-refractivity contribution in [2.75, 3.05) is 13.2 Å². The molecule has 2 nitrogen and oxygen atoms in total. The highest BCUT2D eigenvalue weighted by atomic mass is 16.6. The normalized spacial score (nSPS) is 23.5. The van der Waals surface area contributed by atoms with Gasteiger partial charge in [-0.25, -0.2) is 0 Å². The molecule has 1 aliphatic heterocycles. The third-order valence-electron chi connectivity index (χ3n) is 5.54. The molecule has 1 aliphatic carbocycles. The van der Waals surface area contributed by atoms with E-state index >= 15 is 0 Å². The number of epoxide rings is 1. The molecule has 5 rings (SSSR count). The van der Waals surface area contributed by atoms with Gasteiger partial charge < -0.3 is 9.47 Å². The van der Waals surface area contributed by atoms with Crippen LogP contribution in [0.1, 0.15) is 40.5 Å². The molecule has 3 aromatic carbocycles. The largest absolute Gasteiger partial charge is 0.491 e. The van der Waals surface area contributed by atoms with Crippen molar-refractivity contribution in [2.24, 2.45) is 0 Å². The SMILES string of the molecule is c1ccc(C2CC(c3ccc(OCC4CO4)cc3)c3ccccc32)cc1. The Morgan fingerprint density at radius 3 is 1.92 bits per heavy atom. The maximum Gasteiger partial charge on any atom is 0.119 e. The van der Waals surface area contributed by atoms with E-state index in [-0.39, 0.29) is 0 Å². The Balaban J connectivity index is 1.42. The average molecular weight is 342 g/mol. The van der Waals surface area contributed by atoms with E-state index in [1.807, 2.05) is 0 Å². The molecule has 3 aromatic rings. The van der Waals surface area contributed by atoms with Crippen LogP contribution in [0.25, 0.3) is 0 Å². The van der Waals surface area contributed by atoms with E-state index in [2.05, 4.69) is 78.9 Å². The predicted molar refractivity (Wildman–Crippen MR) is 103 cm³/mol. The molecule has 0 radical (unpaired) electrons. The van der Waals surface area contributed by atoms with Crippen molar-refractivity contribution in [1.82, 2.24) is 0 Å². The van der Waals surface area contributed by atoms with Gasteiger partial charge in [0, 0.05) is 11.8 Å². The van der Waals surface area contributed by atoms with Gasteiger partial charge in [-0.3, -0.25) is 0 Å². The highest BCUT2D eigenvalue weighted by Crippen LogP contribution is 2.48. The van der Waals surface area contributed by atoms with E-state index in [1.165, 1.54) is 22.3 Å². The fourth-order valence-electron chi connectivity index (χ4n) is 4.10. The topological polar surface area (TPSA) is 21.8 Å². The molecule has 2 aliphatic rings. The molecule has 0 saturated carbocycles. The fraction of sp³-hybridized carbons (Fsp3) is 0.250. The summed E-state index contributed by atoms with van der Waals surface area (Å²) in [6.07, 6.45) is 1.42. The number of fused-ring (bicyclic) bond motifs is 1. The lowest BCUT2D eigenvalue weighted by Crippen LogP contribution is -2.04. The Labute approximate surface area is 154 Å². The Kier molecular flexibility index (Phi) is 3.99. The molecule has 2 heteroatoms. The minimum absolute atomic E-state index is 0.294. The molecule has 3 atom stereocenters. The van der Waals surface area contributed by atoms with Gasteiger partial charge in [0.15, 0.2) is 0 Å². The lowest BCUT2D eigenvalue weighted by molar-refractivity contribution is 0.263. The van der Waals surface area contributed by atoms with E-state index in [0.717, 1.165) is 18.8 Å². The molecule has 130 valence electrons. The molecule has 26 heavy (non-hydrogen) atoms. The second kappa shape index (κ2) is 6.62. The summed E-state index contributed by atoms with van der Waals surface area (Å²) >= 11 is 0. The second-order valence-corrected chi connectivity index (χ2v) is 7.22. The van der Waals surface area contributed by atoms with Crippen molar-refractivity contribution in [3.63, 3.8) is 0 Å². The van der Waals surface area contributed by atoms with Crippen LogP contribution in [0, 0.1) is 0 Å². The van der Waals surface area contributed by atoms with E-state index in [0.29, 0.717) is 24.5 Å². The van der Waals surface area contributed by atoms with Gasteiger partial charge in [-0.05, 0) is 40.8 Å². The first-order valence-electron chi connectivity index (χ1n) is 9.36. The maximum atomic E-state index is 5.78. The molecule has 0 amide bonds. The molecule has 3 unspecified atom stereocenters. The monoisotopic (exact) mass is 342 g/mol. The van der Waals surface area contributed by atoms with Gasteiger partial charge >= 0.3 is 0 Å². The van der Waals surface area contributed by atoms with Crippen LogP contribution < -0.4 is 4.74 Å². The van der Waals surface area contributed by atoms with Crippen molar-refractivity contribution < 1.29 is 9.47 Å². The standard InChI is InChI=1S/C24H22O2/c1-2-6-17(7-3-1)23-14-24(22-9-5-4-8-21(22)23)18-10-12-19(13-11-18)25-15-20-16-26-20/h1-13,20,23-24H,14-16H2. The van der Waals surface area contributed by atoms with E-state index in [9.17, 15) is 0 Å². The summed E-state index contributed by atoms with van der Waals surface area (Å²) in [6.45, 7) is 1.49. The van der Waals surface area contributed by atoms with E-state index in [1.54, 1.807) is 0 Å². The van der Waals surface area contributed by atoms with Crippen LogP contribution in [0.3, 0.4) is 0 Å². The van der Waals surface area contributed by atoms with Crippen molar-refractivity contribution in [1.29, 1.82) is 0 Å². The lowest BCUT2D eigenvalue weighted by atomic mass is 9.90. The molecule has 0 spiro atoms. The Morgan fingerprint density at radius 1 is 0.731 bits per heavy atom. The van der Waals surface area contributed by atoms with Crippen molar-refractivity contribution in [3.8, 4) is 5.75 Å². The second-order valence-electron chi connectivity index (χ2n) is 7.22. The number of hydrogen-bond donors (Lipinski definition) is 0. The summed E-state index contributed by atoms with van der Waals surface area (Å²) in [5, 5.41) is 0. The molecule has 1 saturated heterocycles. The summed E-state index contributed by atoms with van der Waals surface area (Å²) in [7, 11) is 0. The van der Waals surface area contributed by atoms with Gasteiger partial charge in [-0.15, -0.1) is 0 Å². The maximum absolute atomic E-state index is 5.78. The van der Waals surface area contributed by atoms with Crippen molar-refractivity contribution in [2.45, 2.75) is 24.4 Å². The molecule has 1 fully saturated rings. The highest BCUT2D eigenvalue weighted by Gasteiger charge is 2.32. The summed E-state index contributed by atoms with van der Waals surface area (Å²) in [6, 6.07) is 28.4. The summed E-state index contributed by atoms with van der Waals surface area (Å²) in [5.41, 5.74) is 5.70. The summed E-state index contributed by atoms with van der Waals surface area (Å²) in [4.78, 5) is 0. The number of benzene rings is 3. The first kappa shape index (κ1) is 15.7. The van der Waals surface area contributed by atoms with E-state index < -0.39 is 0 Å². The quantitative estimate of drug-likeness (QED) is 0.600. The van der Waals surface area contributed by atoms with Crippen LogP contribution in [0.15, 0.2) is 78.9 Å². The molecular formula is C24H22O2. The molecule has 1 heterocycles. The predicted octanol–water partition coefficient (Wildman–Crippen LogP) is 5.13. The first-order valence-corrected chi connectivity index (χ1v) is 9.36. The van der Waals surface area contributed by atoms with Gasteiger partial charge in [-0.1, -0.05) is 66.7 Å². The zero-order chi connectivity index (χ0) is 17.3. The Hall–Kier alpha value is -2.58. The Bertz CT molecular complexity index is 882. The third kappa shape index (κ3) is 3.02. The zero-order valence-corrected chi connectivity index (χ0v) is 14.7. The van der Waals surface area contributed by atoms with Crippen LogP contribution in [0.2, 0.25) is 0 Å². The van der Waals surface area contributed by atoms with Crippen LogP contribution in [0.5, 0.6) is 5.75 Å². The van der Waals surface area contributed by atoms with Gasteiger partial charge in [0.25, 0.3) is 0 Å². The minimum Gasteiger partial charge on any atom is -0.491 e. The third-order valence-corrected chi connectivity index (χ3v) is 5.54. The van der Waals surface area contributed by atoms with Crippen LogP contribution >= 0.6 is 0 Å². The first-order chi connectivity index (χ1) is 12.9. The lowest BCUT2D eigenvalue weighted by Gasteiger charge is -2.14.